The van der Waals surface area contributed by atoms with E-state index in [2.05, 4.69) is 15.5 Å². The summed E-state index contributed by atoms with van der Waals surface area (Å²) in [5.74, 6) is 1.26. The number of ether oxygens (including phenoxy) is 1. The second kappa shape index (κ2) is 5.77. The molecule has 1 spiro atoms. The molecule has 3 fully saturated rings. The molecule has 3 rings (SSSR count). The summed E-state index contributed by atoms with van der Waals surface area (Å²) >= 11 is 0. The first-order valence-corrected chi connectivity index (χ1v) is 7.61. The fraction of sp³-hybridized carbons (Fsp3) is 0.929. The normalized spacial score (nSPS) is 34.7. The van der Waals surface area contributed by atoms with Gasteiger partial charge in [-0.05, 0) is 38.8 Å². The predicted molar refractivity (Wildman–Crippen MR) is 76.7 cm³/mol. The Morgan fingerprint density at radius 1 is 1.42 bits per heavy atom. The van der Waals surface area contributed by atoms with Crippen LogP contribution < -0.4 is 10.6 Å². The lowest BCUT2D eigenvalue weighted by molar-refractivity contribution is 0.126. The maximum atomic E-state index is 5.11. The van der Waals surface area contributed by atoms with Crippen molar-refractivity contribution < 1.29 is 4.74 Å². The van der Waals surface area contributed by atoms with E-state index in [1.807, 2.05) is 0 Å². The third-order valence-electron chi connectivity index (χ3n) is 4.78. The first kappa shape index (κ1) is 13.3. The highest BCUT2D eigenvalue weighted by Crippen LogP contribution is 2.34. The van der Waals surface area contributed by atoms with Crippen LogP contribution in [0.25, 0.3) is 0 Å². The summed E-state index contributed by atoms with van der Waals surface area (Å²) in [7, 11) is 1.76. The summed E-state index contributed by atoms with van der Waals surface area (Å²) in [5.41, 5.74) is 0.200. The quantitative estimate of drug-likeness (QED) is 0.715. The molecule has 0 aromatic rings. The van der Waals surface area contributed by atoms with Crippen LogP contribution in [-0.4, -0.2) is 68.8 Å². The zero-order valence-electron chi connectivity index (χ0n) is 12.0. The number of fused-ring (bicyclic) bond motifs is 3. The molecule has 2 atom stereocenters. The van der Waals surface area contributed by atoms with Gasteiger partial charge in [-0.1, -0.05) is 0 Å². The topological polar surface area (TPSA) is 48.9 Å². The second-order valence-electron chi connectivity index (χ2n) is 5.93. The molecule has 0 radical (unpaired) electrons. The molecular formula is C14H26N4O. The van der Waals surface area contributed by atoms with Crippen LogP contribution in [0.2, 0.25) is 0 Å². The van der Waals surface area contributed by atoms with E-state index >= 15 is 0 Å². The molecule has 0 aromatic carbocycles. The number of aliphatic imine (C=N–C) groups is 1. The van der Waals surface area contributed by atoms with Crippen molar-refractivity contribution in [2.45, 2.75) is 37.3 Å². The zero-order valence-corrected chi connectivity index (χ0v) is 12.0. The van der Waals surface area contributed by atoms with Crippen molar-refractivity contribution >= 4 is 5.84 Å². The van der Waals surface area contributed by atoms with E-state index in [4.69, 9.17) is 9.73 Å². The number of rotatable bonds is 4. The van der Waals surface area contributed by atoms with Crippen molar-refractivity contribution in [3.8, 4) is 0 Å². The van der Waals surface area contributed by atoms with Crippen LogP contribution in [0.4, 0.5) is 0 Å². The van der Waals surface area contributed by atoms with Gasteiger partial charge in [0, 0.05) is 39.4 Å². The van der Waals surface area contributed by atoms with Gasteiger partial charge in [-0.25, -0.2) is 0 Å². The Balaban J connectivity index is 1.75. The smallest absolute Gasteiger partial charge is 0.117 e. The van der Waals surface area contributed by atoms with Gasteiger partial charge in [0.2, 0.25) is 0 Å². The first-order chi connectivity index (χ1) is 9.35. The van der Waals surface area contributed by atoms with Crippen molar-refractivity contribution in [2.24, 2.45) is 4.99 Å². The number of piperidine rings is 1. The van der Waals surface area contributed by atoms with E-state index in [0.29, 0.717) is 6.04 Å². The average molecular weight is 266 g/mol. The van der Waals surface area contributed by atoms with Gasteiger partial charge >= 0.3 is 0 Å². The number of piperazine rings is 1. The second-order valence-corrected chi connectivity index (χ2v) is 5.93. The van der Waals surface area contributed by atoms with E-state index in [1.165, 1.54) is 38.2 Å². The number of amidine groups is 1. The van der Waals surface area contributed by atoms with Crippen LogP contribution in [0, 0.1) is 0 Å². The molecule has 2 N–H and O–H groups in total. The van der Waals surface area contributed by atoms with Crippen LogP contribution in [0.1, 0.15) is 25.7 Å². The van der Waals surface area contributed by atoms with Crippen molar-refractivity contribution in [1.29, 1.82) is 0 Å². The van der Waals surface area contributed by atoms with Crippen molar-refractivity contribution in [2.75, 3.05) is 46.4 Å². The summed E-state index contributed by atoms with van der Waals surface area (Å²) < 4.78 is 5.11. The minimum atomic E-state index is 0.200. The molecular weight excluding hydrogens is 240 g/mol. The minimum Gasteiger partial charge on any atom is -0.385 e. The number of hydrogen-bond acceptors (Lipinski definition) is 4. The van der Waals surface area contributed by atoms with Crippen LogP contribution in [0.15, 0.2) is 4.99 Å². The highest BCUT2D eigenvalue weighted by atomic mass is 16.5. The van der Waals surface area contributed by atoms with E-state index in [-0.39, 0.29) is 5.54 Å². The largest absolute Gasteiger partial charge is 0.385 e. The maximum absolute atomic E-state index is 5.11. The summed E-state index contributed by atoms with van der Waals surface area (Å²) in [6.45, 7) is 6.34. The molecule has 5 nitrogen and oxygen atoms in total. The molecule has 3 saturated heterocycles. The van der Waals surface area contributed by atoms with Crippen LogP contribution in [-0.2, 0) is 4.74 Å². The average Bonchev–Trinajstić information content (AvgIpc) is 2.87. The molecule has 0 aliphatic carbocycles. The molecule has 3 heterocycles. The lowest BCUT2D eigenvalue weighted by Crippen LogP contribution is -2.67. The molecule has 1 unspecified atom stereocenters. The highest BCUT2D eigenvalue weighted by molar-refractivity contribution is 5.93. The summed E-state index contributed by atoms with van der Waals surface area (Å²) in [6.07, 6.45) is 4.67. The van der Waals surface area contributed by atoms with E-state index in [9.17, 15) is 0 Å². The monoisotopic (exact) mass is 266 g/mol. The van der Waals surface area contributed by atoms with Gasteiger partial charge in [0.15, 0.2) is 0 Å². The zero-order chi connectivity index (χ0) is 13.1. The summed E-state index contributed by atoms with van der Waals surface area (Å²) in [4.78, 5) is 7.58. The van der Waals surface area contributed by atoms with Gasteiger partial charge < -0.3 is 15.4 Å². The Bertz CT molecular complexity index is 338. The summed E-state index contributed by atoms with van der Waals surface area (Å²) in [5, 5.41) is 7.20. The van der Waals surface area contributed by atoms with Gasteiger partial charge in [0.1, 0.15) is 5.84 Å². The SMILES string of the molecule is COCCCN=C1N[C@@H]2CCN(C2)C12CCNCC2. The minimum absolute atomic E-state index is 0.200. The van der Waals surface area contributed by atoms with E-state index in [0.717, 1.165) is 32.7 Å². The highest BCUT2D eigenvalue weighted by Gasteiger charge is 2.49. The standard InChI is InChI=1S/C14H26N4O/c1-19-10-2-6-16-13-14(4-7-15-8-5-14)18-9-3-12(11-18)17-13/h12,15H,2-11H2,1H3,(H,16,17)/t12-/m1/s1. The Morgan fingerprint density at radius 3 is 3.05 bits per heavy atom. The predicted octanol–water partition coefficient (Wildman–Crippen LogP) is 0.221. The third-order valence-corrected chi connectivity index (χ3v) is 4.78. The summed E-state index contributed by atoms with van der Waals surface area (Å²) in [6, 6.07) is 0.627. The van der Waals surface area contributed by atoms with Crippen LogP contribution in [0.3, 0.4) is 0 Å². The van der Waals surface area contributed by atoms with Gasteiger partial charge in [0.25, 0.3) is 0 Å². The van der Waals surface area contributed by atoms with Crippen molar-refractivity contribution in [1.82, 2.24) is 15.5 Å². The molecule has 2 bridgehead atoms. The molecule has 0 amide bonds. The number of nitrogens with one attached hydrogen (secondary N) is 2. The molecule has 0 saturated carbocycles. The Hall–Kier alpha value is -0.650. The molecule has 3 aliphatic heterocycles. The molecule has 3 aliphatic rings. The van der Waals surface area contributed by atoms with E-state index in [1.54, 1.807) is 7.11 Å². The molecule has 0 aromatic heterocycles. The van der Waals surface area contributed by atoms with Crippen LogP contribution in [0.5, 0.6) is 0 Å². The lowest BCUT2D eigenvalue weighted by atomic mass is 9.83. The van der Waals surface area contributed by atoms with Gasteiger partial charge in [0.05, 0.1) is 5.54 Å². The van der Waals surface area contributed by atoms with Gasteiger partial charge in [-0.2, -0.15) is 0 Å². The van der Waals surface area contributed by atoms with Gasteiger partial charge in [-0.15, -0.1) is 0 Å². The Kier molecular flexibility index (Phi) is 4.05. The van der Waals surface area contributed by atoms with Crippen molar-refractivity contribution in [3.63, 3.8) is 0 Å². The molecule has 19 heavy (non-hydrogen) atoms. The molecule has 5 heteroatoms. The lowest BCUT2D eigenvalue weighted by Gasteiger charge is -2.48. The maximum Gasteiger partial charge on any atom is 0.117 e. The van der Waals surface area contributed by atoms with Gasteiger partial charge in [-0.3, -0.25) is 9.89 Å². The number of hydrogen-bond donors (Lipinski definition) is 2. The number of nitrogens with zero attached hydrogens (tertiary/aromatic N) is 2. The number of methoxy groups -OCH3 is 1. The van der Waals surface area contributed by atoms with E-state index < -0.39 is 0 Å². The van der Waals surface area contributed by atoms with Crippen molar-refractivity contribution in [3.05, 3.63) is 0 Å². The molecule has 108 valence electrons. The third kappa shape index (κ3) is 2.51. The Labute approximate surface area is 115 Å². The first-order valence-electron chi connectivity index (χ1n) is 7.61. The fourth-order valence-electron chi connectivity index (χ4n) is 3.73. The fourth-order valence-corrected chi connectivity index (χ4v) is 3.73. The van der Waals surface area contributed by atoms with Crippen LogP contribution >= 0.6 is 0 Å². The Morgan fingerprint density at radius 2 is 2.26 bits per heavy atom.